The molecule has 1 fully saturated rings. The molecule has 0 N–H and O–H groups in total. The van der Waals surface area contributed by atoms with Crippen LogP contribution in [0.25, 0.3) is 0 Å². The molecule has 0 radical (unpaired) electrons. The van der Waals surface area contributed by atoms with Crippen molar-refractivity contribution >= 4 is 11.8 Å². The number of aromatic nitrogens is 1. The van der Waals surface area contributed by atoms with Gasteiger partial charge in [0, 0.05) is 31.9 Å². The Hall–Kier alpha value is -2.60. The van der Waals surface area contributed by atoms with Crippen molar-refractivity contribution in [3.63, 3.8) is 0 Å². The number of esters is 1. The van der Waals surface area contributed by atoms with Gasteiger partial charge in [-0.15, -0.1) is 0 Å². The van der Waals surface area contributed by atoms with E-state index in [2.05, 4.69) is 46.8 Å². The third-order valence-electron chi connectivity index (χ3n) is 5.49. The number of pyridine rings is 1. The van der Waals surface area contributed by atoms with E-state index in [-0.39, 0.29) is 12.1 Å². The molecule has 6 nitrogen and oxygen atoms in total. The zero-order valence-electron chi connectivity index (χ0n) is 19.2. The summed E-state index contributed by atoms with van der Waals surface area (Å²) >= 11 is 0. The lowest BCUT2D eigenvalue weighted by Gasteiger charge is -2.28. The van der Waals surface area contributed by atoms with Crippen LogP contribution in [0.5, 0.6) is 5.75 Å². The molecule has 1 saturated heterocycles. The maximum atomic E-state index is 12.5. The zero-order valence-corrected chi connectivity index (χ0v) is 19.2. The summed E-state index contributed by atoms with van der Waals surface area (Å²) in [5.41, 5.74) is 1.80. The van der Waals surface area contributed by atoms with Crippen LogP contribution in [0.15, 0.2) is 42.6 Å². The second kappa shape index (κ2) is 11.1. The van der Waals surface area contributed by atoms with Gasteiger partial charge in [-0.05, 0) is 63.1 Å². The van der Waals surface area contributed by atoms with E-state index in [0.717, 1.165) is 57.2 Å². The molecule has 1 aromatic heterocycles. The Labute approximate surface area is 186 Å². The fraction of sp³-hybridized carbons (Fsp3) is 0.520. The number of hydrogen-bond acceptors (Lipinski definition) is 6. The SMILES string of the molecule is CCCOc1cccc(CN(CC)C2CCN(c3ncccc3C(=O)OC(C)C)C2)c1. The highest BCUT2D eigenvalue weighted by Gasteiger charge is 2.30. The Morgan fingerprint density at radius 2 is 2.10 bits per heavy atom. The van der Waals surface area contributed by atoms with E-state index >= 15 is 0 Å². The molecular formula is C25H35N3O3. The minimum absolute atomic E-state index is 0.153. The van der Waals surface area contributed by atoms with E-state index in [4.69, 9.17) is 9.47 Å². The molecule has 168 valence electrons. The van der Waals surface area contributed by atoms with Crippen LogP contribution in [-0.2, 0) is 11.3 Å². The molecule has 2 heterocycles. The van der Waals surface area contributed by atoms with E-state index in [0.29, 0.717) is 11.6 Å². The molecule has 1 aliphatic heterocycles. The molecule has 1 aliphatic rings. The number of benzene rings is 1. The number of likely N-dealkylation sites (N-methyl/N-ethyl adjacent to an activating group) is 1. The first kappa shape index (κ1) is 23.1. The van der Waals surface area contributed by atoms with Gasteiger partial charge < -0.3 is 14.4 Å². The van der Waals surface area contributed by atoms with E-state index < -0.39 is 0 Å². The van der Waals surface area contributed by atoms with Gasteiger partial charge in [0.15, 0.2) is 0 Å². The summed E-state index contributed by atoms with van der Waals surface area (Å²) in [6, 6.07) is 12.4. The number of rotatable bonds is 10. The van der Waals surface area contributed by atoms with E-state index in [1.54, 1.807) is 18.3 Å². The molecule has 0 aliphatic carbocycles. The van der Waals surface area contributed by atoms with Gasteiger partial charge in [0.1, 0.15) is 17.1 Å². The van der Waals surface area contributed by atoms with Crippen molar-refractivity contribution in [2.24, 2.45) is 0 Å². The minimum Gasteiger partial charge on any atom is -0.494 e. The molecule has 1 unspecified atom stereocenters. The lowest BCUT2D eigenvalue weighted by molar-refractivity contribution is 0.0378. The second-order valence-electron chi connectivity index (χ2n) is 8.28. The van der Waals surface area contributed by atoms with E-state index in [1.807, 2.05) is 19.9 Å². The highest BCUT2D eigenvalue weighted by atomic mass is 16.5. The highest BCUT2D eigenvalue weighted by molar-refractivity contribution is 5.94. The Morgan fingerprint density at radius 3 is 2.84 bits per heavy atom. The van der Waals surface area contributed by atoms with Gasteiger partial charge in [-0.1, -0.05) is 26.0 Å². The maximum Gasteiger partial charge on any atom is 0.342 e. The minimum atomic E-state index is -0.308. The van der Waals surface area contributed by atoms with Gasteiger partial charge >= 0.3 is 5.97 Å². The zero-order chi connectivity index (χ0) is 22.2. The van der Waals surface area contributed by atoms with Gasteiger partial charge in [-0.3, -0.25) is 4.90 Å². The Bertz CT molecular complexity index is 855. The molecule has 0 saturated carbocycles. The lowest BCUT2D eigenvalue weighted by atomic mass is 10.1. The standard InChI is InChI=1S/C25H35N3O3/c1-5-15-30-22-10-7-9-20(16-22)17-27(6-2)21-12-14-28(18-21)24-23(11-8-13-26-24)25(29)31-19(3)4/h7-11,13,16,19,21H,5-6,12,14-15,17-18H2,1-4H3. The quantitative estimate of drug-likeness (QED) is 0.521. The van der Waals surface area contributed by atoms with Crippen molar-refractivity contribution in [3.8, 4) is 5.75 Å². The monoisotopic (exact) mass is 425 g/mol. The van der Waals surface area contributed by atoms with Crippen LogP contribution in [0, 0.1) is 0 Å². The highest BCUT2D eigenvalue weighted by Crippen LogP contribution is 2.26. The van der Waals surface area contributed by atoms with Crippen LogP contribution in [-0.4, -0.2) is 54.2 Å². The van der Waals surface area contributed by atoms with Crippen LogP contribution in [0.1, 0.15) is 56.5 Å². The molecule has 0 amide bonds. The van der Waals surface area contributed by atoms with Crippen LogP contribution in [0.4, 0.5) is 5.82 Å². The van der Waals surface area contributed by atoms with Gasteiger partial charge in [-0.25, -0.2) is 9.78 Å². The molecule has 1 aromatic carbocycles. The van der Waals surface area contributed by atoms with Gasteiger partial charge in [0.25, 0.3) is 0 Å². The van der Waals surface area contributed by atoms with Crippen molar-refractivity contribution < 1.29 is 14.3 Å². The Morgan fingerprint density at radius 1 is 1.26 bits per heavy atom. The summed E-state index contributed by atoms with van der Waals surface area (Å²) in [5, 5.41) is 0. The number of nitrogens with zero attached hydrogens (tertiary/aromatic N) is 3. The fourth-order valence-corrected chi connectivity index (χ4v) is 4.01. The predicted molar refractivity (Wildman–Crippen MR) is 124 cm³/mol. The van der Waals surface area contributed by atoms with Crippen LogP contribution < -0.4 is 9.64 Å². The smallest absolute Gasteiger partial charge is 0.342 e. The van der Waals surface area contributed by atoms with Crippen molar-refractivity contribution in [1.82, 2.24) is 9.88 Å². The van der Waals surface area contributed by atoms with Crippen LogP contribution >= 0.6 is 0 Å². The van der Waals surface area contributed by atoms with Crippen molar-refractivity contribution in [2.75, 3.05) is 31.1 Å². The second-order valence-corrected chi connectivity index (χ2v) is 8.28. The van der Waals surface area contributed by atoms with E-state index in [9.17, 15) is 4.79 Å². The number of carbonyl (C=O) groups excluding carboxylic acids is 1. The molecule has 0 spiro atoms. The molecule has 2 aromatic rings. The summed E-state index contributed by atoms with van der Waals surface area (Å²) < 4.78 is 11.2. The molecule has 6 heteroatoms. The molecular weight excluding hydrogens is 390 g/mol. The third kappa shape index (κ3) is 6.20. The molecule has 31 heavy (non-hydrogen) atoms. The number of hydrogen-bond donors (Lipinski definition) is 0. The van der Waals surface area contributed by atoms with Crippen molar-refractivity contribution in [3.05, 3.63) is 53.7 Å². The first-order chi connectivity index (χ1) is 15.0. The number of ether oxygens (including phenoxy) is 2. The topological polar surface area (TPSA) is 54.9 Å². The summed E-state index contributed by atoms with van der Waals surface area (Å²) in [5.74, 6) is 1.35. The van der Waals surface area contributed by atoms with Gasteiger partial charge in [-0.2, -0.15) is 0 Å². The third-order valence-corrected chi connectivity index (χ3v) is 5.49. The van der Waals surface area contributed by atoms with Crippen molar-refractivity contribution in [1.29, 1.82) is 0 Å². The summed E-state index contributed by atoms with van der Waals surface area (Å²) in [6.07, 6.45) is 3.63. The summed E-state index contributed by atoms with van der Waals surface area (Å²) in [6.45, 7) is 12.3. The van der Waals surface area contributed by atoms with Crippen LogP contribution in [0.3, 0.4) is 0 Å². The number of anilines is 1. The first-order valence-corrected chi connectivity index (χ1v) is 11.4. The van der Waals surface area contributed by atoms with Gasteiger partial charge in [0.2, 0.25) is 0 Å². The molecule has 0 bridgehead atoms. The lowest BCUT2D eigenvalue weighted by Crippen LogP contribution is -2.37. The van der Waals surface area contributed by atoms with Crippen molar-refractivity contribution in [2.45, 2.75) is 59.2 Å². The predicted octanol–water partition coefficient (Wildman–Crippen LogP) is 4.54. The normalized spacial score (nSPS) is 16.2. The van der Waals surface area contributed by atoms with E-state index in [1.165, 1.54) is 5.56 Å². The average molecular weight is 426 g/mol. The van der Waals surface area contributed by atoms with Gasteiger partial charge in [0.05, 0.1) is 12.7 Å². The number of carbonyl (C=O) groups is 1. The first-order valence-electron chi connectivity index (χ1n) is 11.4. The maximum absolute atomic E-state index is 12.5. The Kier molecular flexibility index (Phi) is 8.29. The average Bonchev–Trinajstić information content (AvgIpc) is 3.26. The largest absolute Gasteiger partial charge is 0.494 e. The Balaban J connectivity index is 1.68. The molecule has 1 atom stereocenters. The fourth-order valence-electron chi connectivity index (χ4n) is 4.01. The van der Waals surface area contributed by atoms with Crippen LogP contribution in [0.2, 0.25) is 0 Å². The summed E-state index contributed by atoms with van der Waals surface area (Å²) in [7, 11) is 0. The summed E-state index contributed by atoms with van der Waals surface area (Å²) in [4.78, 5) is 21.8. The molecule has 3 rings (SSSR count).